The highest BCUT2D eigenvalue weighted by molar-refractivity contribution is 6.30. The molecule has 0 aliphatic heterocycles. The van der Waals surface area contributed by atoms with Gasteiger partial charge in [-0.25, -0.2) is 0 Å². The van der Waals surface area contributed by atoms with Crippen LogP contribution >= 0.6 is 11.6 Å². The van der Waals surface area contributed by atoms with Crippen LogP contribution in [0.3, 0.4) is 0 Å². The predicted octanol–water partition coefficient (Wildman–Crippen LogP) is 2.87. The van der Waals surface area contributed by atoms with E-state index in [9.17, 15) is 0 Å². The summed E-state index contributed by atoms with van der Waals surface area (Å²) in [7, 11) is 0. The first-order valence-corrected chi connectivity index (χ1v) is 5.84. The maximum atomic E-state index is 5.99. The van der Waals surface area contributed by atoms with E-state index >= 15 is 0 Å². The molecule has 0 saturated carbocycles. The SMILES string of the molecule is CCC(CC)c1nnc2c(N)cc(Cl)cn12. The van der Waals surface area contributed by atoms with Crippen LogP contribution in [-0.2, 0) is 0 Å². The van der Waals surface area contributed by atoms with Crippen molar-refractivity contribution in [3.63, 3.8) is 0 Å². The molecule has 0 fully saturated rings. The van der Waals surface area contributed by atoms with Crippen molar-refractivity contribution in [2.45, 2.75) is 32.6 Å². The van der Waals surface area contributed by atoms with E-state index in [1.807, 2.05) is 10.6 Å². The average molecular weight is 239 g/mol. The number of pyridine rings is 1. The Kier molecular flexibility index (Phi) is 3.01. The third kappa shape index (κ3) is 1.73. The lowest BCUT2D eigenvalue weighted by atomic mass is 10.0. The molecular formula is C11H15ClN4. The summed E-state index contributed by atoms with van der Waals surface area (Å²) in [6.07, 6.45) is 3.88. The molecule has 2 aromatic heterocycles. The second kappa shape index (κ2) is 4.29. The van der Waals surface area contributed by atoms with Crippen molar-refractivity contribution in [2.75, 3.05) is 5.73 Å². The average Bonchev–Trinajstić information content (AvgIpc) is 2.64. The fraction of sp³-hybridized carbons (Fsp3) is 0.455. The number of nitrogens with zero attached hydrogens (tertiary/aromatic N) is 3. The van der Waals surface area contributed by atoms with E-state index < -0.39 is 0 Å². The number of hydrogen-bond acceptors (Lipinski definition) is 3. The Hall–Kier alpha value is -1.29. The number of aromatic nitrogens is 3. The first kappa shape index (κ1) is 11.2. The standard InChI is InChI=1S/C11H15ClN4/c1-3-7(4-2)10-14-15-11-9(13)5-8(12)6-16(10)11/h5-7H,3-4,13H2,1-2H3. The van der Waals surface area contributed by atoms with Gasteiger partial charge in [-0.05, 0) is 18.9 Å². The van der Waals surface area contributed by atoms with E-state index in [2.05, 4.69) is 24.0 Å². The molecule has 2 aromatic rings. The molecule has 0 aromatic carbocycles. The van der Waals surface area contributed by atoms with Gasteiger partial charge in [0.15, 0.2) is 5.65 Å². The van der Waals surface area contributed by atoms with Gasteiger partial charge in [0.2, 0.25) is 0 Å². The smallest absolute Gasteiger partial charge is 0.184 e. The van der Waals surface area contributed by atoms with Crippen LogP contribution in [0.5, 0.6) is 0 Å². The highest BCUT2D eigenvalue weighted by Crippen LogP contribution is 2.25. The van der Waals surface area contributed by atoms with Gasteiger partial charge in [-0.15, -0.1) is 10.2 Å². The molecule has 4 nitrogen and oxygen atoms in total. The first-order chi connectivity index (χ1) is 7.67. The highest BCUT2D eigenvalue weighted by Gasteiger charge is 2.16. The van der Waals surface area contributed by atoms with Crippen LogP contribution in [0.1, 0.15) is 38.4 Å². The molecule has 0 unspecified atom stereocenters. The Labute approximate surface area is 99.4 Å². The molecule has 0 aliphatic rings. The Bertz CT molecular complexity index is 502. The van der Waals surface area contributed by atoms with E-state index in [1.165, 1.54) is 0 Å². The van der Waals surface area contributed by atoms with Crippen molar-refractivity contribution < 1.29 is 0 Å². The summed E-state index contributed by atoms with van der Waals surface area (Å²) in [5, 5.41) is 8.93. The van der Waals surface area contributed by atoms with Crippen molar-refractivity contribution in [1.29, 1.82) is 0 Å². The fourth-order valence-corrected chi connectivity index (χ4v) is 2.15. The zero-order chi connectivity index (χ0) is 11.7. The summed E-state index contributed by atoms with van der Waals surface area (Å²) in [6.45, 7) is 4.28. The maximum absolute atomic E-state index is 5.99. The zero-order valence-corrected chi connectivity index (χ0v) is 10.2. The van der Waals surface area contributed by atoms with Gasteiger partial charge in [0.05, 0.1) is 10.7 Å². The lowest BCUT2D eigenvalue weighted by Gasteiger charge is -2.10. The quantitative estimate of drug-likeness (QED) is 0.895. The number of anilines is 1. The molecule has 0 bridgehead atoms. The summed E-state index contributed by atoms with van der Waals surface area (Å²) in [5.41, 5.74) is 7.10. The Morgan fingerprint density at radius 2 is 2.06 bits per heavy atom. The van der Waals surface area contributed by atoms with Crippen molar-refractivity contribution >= 4 is 22.9 Å². The normalized spacial score (nSPS) is 11.5. The monoisotopic (exact) mass is 238 g/mol. The van der Waals surface area contributed by atoms with Crippen molar-refractivity contribution in [3.05, 3.63) is 23.1 Å². The third-order valence-corrected chi connectivity index (χ3v) is 3.08. The topological polar surface area (TPSA) is 56.2 Å². The minimum absolute atomic E-state index is 0.396. The van der Waals surface area contributed by atoms with Gasteiger partial charge in [-0.1, -0.05) is 25.4 Å². The van der Waals surface area contributed by atoms with Crippen LogP contribution in [-0.4, -0.2) is 14.6 Å². The molecule has 0 atom stereocenters. The molecular weight excluding hydrogens is 224 g/mol. The van der Waals surface area contributed by atoms with E-state index in [0.29, 0.717) is 22.3 Å². The molecule has 0 radical (unpaired) electrons. The Balaban J connectivity index is 2.63. The molecule has 0 saturated heterocycles. The van der Waals surface area contributed by atoms with E-state index in [1.54, 1.807) is 6.07 Å². The summed E-state index contributed by atoms with van der Waals surface area (Å²) in [5.74, 6) is 1.34. The lowest BCUT2D eigenvalue weighted by molar-refractivity contribution is 0.595. The Morgan fingerprint density at radius 1 is 1.38 bits per heavy atom. The summed E-state index contributed by atoms with van der Waals surface area (Å²) in [6, 6.07) is 1.70. The number of nitrogen functional groups attached to an aromatic ring is 1. The zero-order valence-electron chi connectivity index (χ0n) is 9.44. The van der Waals surface area contributed by atoms with E-state index in [0.717, 1.165) is 18.7 Å². The number of halogens is 1. The predicted molar refractivity (Wildman–Crippen MR) is 65.7 cm³/mol. The van der Waals surface area contributed by atoms with Gasteiger partial charge in [0.25, 0.3) is 0 Å². The second-order valence-electron chi connectivity index (χ2n) is 3.88. The molecule has 2 rings (SSSR count). The number of fused-ring (bicyclic) bond motifs is 1. The van der Waals surface area contributed by atoms with Crippen LogP contribution in [0.4, 0.5) is 5.69 Å². The third-order valence-electron chi connectivity index (χ3n) is 2.88. The number of rotatable bonds is 3. The minimum atomic E-state index is 0.396. The van der Waals surface area contributed by atoms with Gasteiger partial charge in [-0.2, -0.15) is 0 Å². The largest absolute Gasteiger partial charge is 0.396 e. The van der Waals surface area contributed by atoms with Gasteiger partial charge >= 0.3 is 0 Å². The summed E-state index contributed by atoms with van der Waals surface area (Å²) in [4.78, 5) is 0. The molecule has 2 heterocycles. The van der Waals surface area contributed by atoms with Crippen molar-refractivity contribution in [1.82, 2.24) is 14.6 Å². The molecule has 0 amide bonds. The molecule has 2 N–H and O–H groups in total. The Morgan fingerprint density at radius 3 is 2.69 bits per heavy atom. The van der Waals surface area contributed by atoms with Crippen molar-refractivity contribution in [3.8, 4) is 0 Å². The van der Waals surface area contributed by atoms with Crippen LogP contribution in [0.2, 0.25) is 5.02 Å². The number of hydrogen-bond donors (Lipinski definition) is 1. The van der Waals surface area contributed by atoms with Crippen LogP contribution < -0.4 is 5.73 Å². The van der Waals surface area contributed by atoms with Crippen molar-refractivity contribution in [2.24, 2.45) is 0 Å². The van der Waals surface area contributed by atoms with Gasteiger partial charge in [-0.3, -0.25) is 4.40 Å². The number of nitrogens with two attached hydrogens (primary N) is 1. The first-order valence-electron chi connectivity index (χ1n) is 5.47. The highest BCUT2D eigenvalue weighted by atomic mass is 35.5. The molecule has 5 heteroatoms. The molecule has 0 aliphatic carbocycles. The van der Waals surface area contributed by atoms with E-state index in [4.69, 9.17) is 17.3 Å². The van der Waals surface area contributed by atoms with Gasteiger partial charge < -0.3 is 5.73 Å². The maximum Gasteiger partial charge on any atom is 0.184 e. The molecule has 86 valence electrons. The van der Waals surface area contributed by atoms with Crippen LogP contribution in [0.25, 0.3) is 5.65 Å². The summed E-state index contributed by atoms with van der Waals surface area (Å²) < 4.78 is 1.90. The van der Waals surface area contributed by atoms with Gasteiger partial charge in [0, 0.05) is 12.1 Å². The second-order valence-corrected chi connectivity index (χ2v) is 4.32. The van der Waals surface area contributed by atoms with Crippen LogP contribution in [0, 0.1) is 0 Å². The van der Waals surface area contributed by atoms with Crippen LogP contribution in [0.15, 0.2) is 12.3 Å². The lowest BCUT2D eigenvalue weighted by Crippen LogP contribution is -2.03. The van der Waals surface area contributed by atoms with Gasteiger partial charge in [0.1, 0.15) is 5.82 Å². The minimum Gasteiger partial charge on any atom is -0.396 e. The molecule has 0 spiro atoms. The summed E-state index contributed by atoms with van der Waals surface area (Å²) >= 11 is 5.99. The molecule has 16 heavy (non-hydrogen) atoms. The van der Waals surface area contributed by atoms with E-state index in [-0.39, 0.29) is 0 Å². The fourth-order valence-electron chi connectivity index (χ4n) is 1.93.